The van der Waals surface area contributed by atoms with Crippen molar-refractivity contribution >= 4 is 3.21 Å². The van der Waals surface area contributed by atoms with E-state index < -0.39 is 0 Å². The molecule has 0 amide bonds. The molecule has 0 radical (unpaired) electrons. The van der Waals surface area contributed by atoms with Gasteiger partial charge < -0.3 is 24.8 Å². The van der Waals surface area contributed by atoms with E-state index in [1.807, 2.05) is 6.07 Å². The summed E-state index contributed by atoms with van der Waals surface area (Å²) in [7, 11) is 0. The van der Waals surface area contributed by atoms with Crippen molar-refractivity contribution in [1.82, 2.24) is 0 Å². The summed E-state index contributed by atoms with van der Waals surface area (Å²) in [4.78, 5) is 0. The number of halogens is 2. The van der Waals surface area contributed by atoms with Gasteiger partial charge in [0.05, 0.1) is 0 Å². The van der Waals surface area contributed by atoms with Gasteiger partial charge in [-0.2, -0.15) is 41.5 Å². The summed E-state index contributed by atoms with van der Waals surface area (Å²) < 4.78 is 1.42. The molecular weight excluding hydrogens is 703 g/mol. The van der Waals surface area contributed by atoms with Crippen molar-refractivity contribution in [3.8, 4) is 11.1 Å². The average Bonchev–Trinajstić information content (AvgIpc) is 3.55. The normalized spacial score (nSPS) is 14.7. The summed E-state index contributed by atoms with van der Waals surface area (Å²) in [5.41, 5.74) is 14.5. The van der Waals surface area contributed by atoms with E-state index in [2.05, 4.69) is 179 Å². The fraction of sp³-hybridized carbons (Fsp3) is 0.356. The van der Waals surface area contributed by atoms with E-state index in [-0.39, 0.29) is 35.6 Å². The van der Waals surface area contributed by atoms with Gasteiger partial charge in [0.2, 0.25) is 0 Å². The standard InChI is InChI=1S/C21H26.C13H9.C11H17.2ClH.Zr/c1-20(2,3)18-11-7-16(8-12-18)15-17-9-13-19(14-10-17)21(4,5)6;1-3-7-12-10(5-1)9-11-6-2-4-8-13(11)12;1-8-6-9(2)10(7-8)11(3,4)5;;;/h7-14H,1-6H3;1-5,7-8H,9H2;7-8H,1-5H3;2*1H;/q;2*-1;;;+2/p-2. The third kappa shape index (κ3) is 10.8. The summed E-state index contributed by atoms with van der Waals surface area (Å²) >= 11 is 1.46. The third-order valence-electron chi connectivity index (χ3n) is 8.77. The van der Waals surface area contributed by atoms with Crippen LogP contribution in [0.4, 0.5) is 0 Å². The Kier molecular flexibility index (Phi) is 14.9. The number of hydrogen-bond acceptors (Lipinski definition) is 0. The van der Waals surface area contributed by atoms with Gasteiger partial charge in [0.1, 0.15) is 0 Å². The maximum Gasteiger partial charge on any atom is -0.0253 e. The van der Waals surface area contributed by atoms with Gasteiger partial charge in [0.25, 0.3) is 0 Å². The molecule has 3 heteroatoms. The molecule has 6 rings (SSSR count). The van der Waals surface area contributed by atoms with Gasteiger partial charge in [-0.15, -0.1) is 5.56 Å². The first-order chi connectivity index (χ1) is 21.4. The van der Waals surface area contributed by atoms with Crippen LogP contribution in [0.2, 0.25) is 0 Å². The molecule has 0 nitrogen and oxygen atoms in total. The Hall–Kier alpha value is -2.31. The molecule has 4 aromatic rings. The van der Waals surface area contributed by atoms with Crippen molar-refractivity contribution in [2.45, 2.75) is 93.4 Å². The molecular formula is C45H52Cl2Zr-2. The molecule has 0 spiro atoms. The molecule has 4 aromatic carbocycles. The van der Waals surface area contributed by atoms with Crippen LogP contribution in [0.1, 0.15) is 110 Å². The molecule has 0 saturated heterocycles. The van der Waals surface area contributed by atoms with Gasteiger partial charge in [0, 0.05) is 0 Å². The molecule has 0 saturated carbocycles. The zero-order valence-electron chi connectivity index (χ0n) is 30.8. The van der Waals surface area contributed by atoms with Crippen LogP contribution in [0.15, 0.2) is 108 Å². The second kappa shape index (κ2) is 17.1. The molecule has 0 aliphatic heterocycles. The number of rotatable bonds is 2. The molecule has 0 fully saturated rings. The average molecular weight is 755 g/mol. The zero-order chi connectivity index (χ0) is 33.9. The van der Waals surface area contributed by atoms with Gasteiger partial charge in [-0.05, 0) is 6.42 Å². The van der Waals surface area contributed by atoms with Crippen LogP contribution in [-0.4, -0.2) is 3.21 Å². The third-order valence-corrected chi connectivity index (χ3v) is 10.2. The SMILES string of the molecule is CC(C)(C)c1ccc([C](=[Zr+2])c2ccc(C(C)(C)C)cc2)cc1.CC1=[C-]C(C)C=C1C(C)(C)C.[Cl-].[Cl-].[c-]1cccc2c1Cc1ccccc1-2. The summed E-state index contributed by atoms with van der Waals surface area (Å²) in [5, 5.41) is 0. The van der Waals surface area contributed by atoms with Crippen LogP contribution in [0.25, 0.3) is 11.1 Å². The molecule has 0 bridgehead atoms. The zero-order valence-corrected chi connectivity index (χ0v) is 34.7. The Morgan fingerprint density at radius 3 is 1.54 bits per heavy atom. The topological polar surface area (TPSA) is 0 Å². The Bertz CT molecular complexity index is 1620. The van der Waals surface area contributed by atoms with E-state index >= 15 is 0 Å². The van der Waals surface area contributed by atoms with Gasteiger partial charge in [-0.25, -0.2) is 5.57 Å². The monoisotopic (exact) mass is 752 g/mol. The smallest absolute Gasteiger partial charge is 0.0253 e. The Balaban J connectivity index is 0.000000263. The first kappa shape index (κ1) is 41.9. The van der Waals surface area contributed by atoms with Crippen molar-refractivity contribution in [1.29, 1.82) is 0 Å². The van der Waals surface area contributed by atoms with Crippen LogP contribution in [0.5, 0.6) is 0 Å². The van der Waals surface area contributed by atoms with E-state index in [1.165, 1.54) is 83.1 Å². The van der Waals surface area contributed by atoms with Crippen LogP contribution in [0.3, 0.4) is 0 Å². The molecule has 48 heavy (non-hydrogen) atoms. The Morgan fingerprint density at radius 2 is 1.12 bits per heavy atom. The number of hydrogen-bond donors (Lipinski definition) is 0. The Morgan fingerprint density at radius 1 is 0.646 bits per heavy atom. The molecule has 2 aliphatic carbocycles. The van der Waals surface area contributed by atoms with E-state index in [1.54, 1.807) is 0 Å². The summed E-state index contributed by atoms with van der Waals surface area (Å²) in [6.07, 6.45) is 6.76. The van der Waals surface area contributed by atoms with Crippen molar-refractivity contribution < 1.29 is 49.0 Å². The minimum absolute atomic E-state index is 0. The van der Waals surface area contributed by atoms with Crippen LogP contribution >= 0.6 is 0 Å². The molecule has 0 heterocycles. The second-order valence-electron chi connectivity index (χ2n) is 15.8. The second-order valence-corrected chi connectivity index (χ2v) is 17.0. The first-order valence-electron chi connectivity index (χ1n) is 16.7. The molecule has 1 unspecified atom stereocenters. The minimum Gasteiger partial charge on any atom is -1.00 e. The fourth-order valence-corrected chi connectivity index (χ4v) is 6.91. The number of benzene rings is 4. The van der Waals surface area contributed by atoms with Gasteiger partial charge in [-0.3, -0.25) is 6.08 Å². The maximum absolute atomic E-state index is 3.40. The molecule has 252 valence electrons. The molecule has 2 aliphatic rings. The number of allylic oxidation sites excluding steroid dienone is 4. The van der Waals surface area contributed by atoms with Gasteiger partial charge in [0.15, 0.2) is 0 Å². The first-order valence-corrected chi connectivity index (χ1v) is 17.9. The summed E-state index contributed by atoms with van der Waals surface area (Å²) in [5.74, 6) is 0.518. The Labute approximate surface area is 319 Å². The van der Waals surface area contributed by atoms with E-state index in [4.69, 9.17) is 0 Å². The largest absolute Gasteiger partial charge is 1.00 e. The molecule has 0 aromatic heterocycles. The van der Waals surface area contributed by atoms with Crippen molar-refractivity contribution in [2.24, 2.45) is 11.3 Å². The maximum atomic E-state index is 3.40. The predicted molar refractivity (Wildman–Crippen MR) is 196 cm³/mol. The van der Waals surface area contributed by atoms with E-state index in [0.29, 0.717) is 11.3 Å². The van der Waals surface area contributed by atoms with Crippen LogP contribution in [-0.2, 0) is 41.5 Å². The van der Waals surface area contributed by atoms with Crippen molar-refractivity contribution in [2.75, 3.05) is 0 Å². The minimum atomic E-state index is 0. The van der Waals surface area contributed by atoms with Crippen molar-refractivity contribution in [3.05, 3.63) is 154 Å². The van der Waals surface area contributed by atoms with Gasteiger partial charge in [-0.1, -0.05) is 81.3 Å². The van der Waals surface area contributed by atoms with Gasteiger partial charge >= 0.3 is 151 Å². The fourth-order valence-electron chi connectivity index (χ4n) is 6.09. The molecule has 0 N–H and O–H groups in total. The summed E-state index contributed by atoms with van der Waals surface area (Å²) in [6, 6.07) is 36.2. The molecule has 1 atom stereocenters. The predicted octanol–water partition coefficient (Wildman–Crippen LogP) is 5.82. The number of fused-ring (bicyclic) bond motifs is 3. The summed E-state index contributed by atoms with van der Waals surface area (Å²) in [6.45, 7) is 24.6. The quantitative estimate of drug-likeness (QED) is 0.200. The van der Waals surface area contributed by atoms with Crippen molar-refractivity contribution in [3.63, 3.8) is 0 Å². The van der Waals surface area contributed by atoms with E-state index in [9.17, 15) is 0 Å². The van der Waals surface area contributed by atoms with Crippen LogP contribution in [0, 0.1) is 23.5 Å². The van der Waals surface area contributed by atoms with E-state index in [0.717, 1.165) is 6.42 Å². The van der Waals surface area contributed by atoms with Crippen LogP contribution < -0.4 is 24.8 Å².